The summed E-state index contributed by atoms with van der Waals surface area (Å²) in [6.07, 6.45) is 2.80. The van der Waals surface area contributed by atoms with E-state index in [1.807, 2.05) is 52.0 Å². The van der Waals surface area contributed by atoms with Gasteiger partial charge < -0.3 is 10.2 Å². The predicted octanol–water partition coefficient (Wildman–Crippen LogP) is 5.23. The summed E-state index contributed by atoms with van der Waals surface area (Å²) in [4.78, 5) is 28.3. The lowest BCUT2D eigenvalue weighted by Gasteiger charge is -2.32. The highest BCUT2D eigenvalue weighted by atomic mass is 35.5. The van der Waals surface area contributed by atoms with Crippen LogP contribution in [-0.4, -0.2) is 50.0 Å². The number of sulfonamides is 1. The molecule has 204 valence electrons. The second-order valence-corrected chi connectivity index (χ2v) is 11.8. The normalized spacial score (nSPS) is 13.1. The van der Waals surface area contributed by atoms with Gasteiger partial charge in [-0.05, 0) is 68.9 Å². The Balaban J connectivity index is 2.27. The smallest absolute Gasteiger partial charge is 0.243 e. The third-order valence-electron chi connectivity index (χ3n) is 6.65. The van der Waals surface area contributed by atoms with Gasteiger partial charge in [-0.1, -0.05) is 55.8 Å². The summed E-state index contributed by atoms with van der Waals surface area (Å²) < 4.78 is 26.5. The second kappa shape index (κ2) is 13.8. The number of hydrogen-bond acceptors (Lipinski definition) is 4. The van der Waals surface area contributed by atoms with Crippen molar-refractivity contribution in [3.05, 3.63) is 64.2 Å². The number of halogens is 1. The lowest BCUT2D eigenvalue weighted by atomic mass is 10.0. The summed E-state index contributed by atoms with van der Waals surface area (Å²) in [6, 6.07) is 12.3. The lowest BCUT2D eigenvalue weighted by Crippen LogP contribution is -2.50. The molecule has 0 radical (unpaired) electrons. The van der Waals surface area contributed by atoms with Gasteiger partial charge in [-0.2, -0.15) is 0 Å². The van der Waals surface area contributed by atoms with Crippen molar-refractivity contribution in [3.63, 3.8) is 0 Å². The van der Waals surface area contributed by atoms with Crippen molar-refractivity contribution in [1.29, 1.82) is 0 Å². The fourth-order valence-electron chi connectivity index (χ4n) is 4.18. The first-order valence-corrected chi connectivity index (χ1v) is 15.0. The first-order chi connectivity index (χ1) is 17.4. The zero-order chi connectivity index (χ0) is 27.8. The minimum Gasteiger partial charge on any atom is -0.352 e. The van der Waals surface area contributed by atoms with Gasteiger partial charge in [-0.15, -0.1) is 0 Å². The number of anilines is 1. The van der Waals surface area contributed by atoms with Crippen LogP contribution in [0, 0.1) is 13.8 Å². The molecule has 0 saturated carbocycles. The molecule has 2 rings (SSSR count). The predicted molar refractivity (Wildman–Crippen MR) is 151 cm³/mol. The molecule has 2 aromatic rings. The van der Waals surface area contributed by atoms with Crippen LogP contribution in [0.5, 0.6) is 0 Å². The Labute approximate surface area is 227 Å². The summed E-state index contributed by atoms with van der Waals surface area (Å²) in [5.74, 6) is -0.364. The van der Waals surface area contributed by atoms with E-state index >= 15 is 0 Å². The standard InChI is InChI=1S/C28H40ClN3O4S/c1-7-21(4)30-28(34)25(8-2)31(19-23-14-10-9-13-20(23)3)27(33)17-12-18-32(37(6,35)36)26-16-11-15-24(29)22(26)5/h9-11,13-16,21,25H,7-8,12,17-19H2,1-6H3,(H,30,34)/t21-,25-/m0/s1. The molecule has 7 nitrogen and oxygen atoms in total. The molecule has 9 heteroatoms. The number of aryl methyl sites for hydroxylation is 1. The van der Waals surface area contributed by atoms with Crippen LogP contribution in [0.3, 0.4) is 0 Å². The summed E-state index contributed by atoms with van der Waals surface area (Å²) >= 11 is 6.23. The van der Waals surface area contributed by atoms with Crippen LogP contribution in [0.2, 0.25) is 5.02 Å². The van der Waals surface area contributed by atoms with E-state index in [1.165, 1.54) is 4.31 Å². The van der Waals surface area contributed by atoms with Crippen molar-refractivity contribution in [2.75, 3.05) is 17.1 Å². The van der Waals surface area contributed by atoms with Gasteiger partial charge in [0.2, 0.25) is 21.8 Å². The Morgan fingerprint density at radius 2 is 1.70 bits per heavy atom. The first-order valence-electron chi connectivity index (χ1n) is 12.8. The Bertz CT molecular complexity index is 1190. The number of carbonyl (C=O) groups is 2. The lowest BCUT2D eigenvalue weighted by molar-refractivity contribution is -0.141. The molecular weight excluding hydrogens is 510 g/mol. The van der Waals surface area contributed by atoms with E-state index in [1.54, 1.807) is 30.0 Å². The van der Waals surface area contributed by atoms with Crippen molar-refractivity contribution in [2.45, 2.75) is 78.9 Å². The zero-order valence-corrected chi connectivity index (χ0v) is 24.3. The molecule has 0 unspecified atom stereocenters. The van der Waals surface area contributed by atoms with E-state index in [9.17, 15) is 18.0 Å². The highest BCUT2D eigenvalue weighted by Crippen LogP contribution is 2.28. The molecule has 37 heavy (non-hydrogen) atoms. The van der Waals surface area contributed by atoms with Gasteiger partial charge in [-0.3, -0.25) is 13.9 Å². The van der Waals surface area contributed by atoms with E-state index in [-0.39, 0.29) is 30.8 Å². The van der Waals surface area contributed by atoms with Gasteiger partial charge in [0.15, 0.2) is 0 Å². The Kier molecular flexibility index (Phi) is 11.4. The highest BCUT2D eigenvalue weighted by molar-refractivity contribution is 7.92. The number of carbonyl (C=O) groups excluding carboxylic acids is 2. The maximum Gasteiger partial charge on any atom is 0.243 e. The van der Waals surface area contributed by atoms with Crippen molar-refractivity contribution in [2.24, 2.45) is 0 Å². The topological polar surface area (TPSA) is 86.8 Å². The number of rotatable bonds is 13. The maximum absolute atomic E-state index is 13.6. The molecule has 0 saturated heterocycles. The number of nitrogens with zero attached hydrogens (tertiary/aromatic N) is 2. The van der Waals surface area contributed by atoms with Gasteiger partial charge in [0.05, 0.1) is 11.9 Å². The molecule has 0 aliphatic carbocycles. The zero-order valence-electron chi connectivity index (χ0n) is 22.8. The average Bonchev–Trinajstić information content (AvgIpc) is 2.84. The minimum absolute atomic E-state index is 0.00113. The van der Waals surface area contributed by atoms with E-state index in [2.05, 4.69) is 5.32 Å². The molecule has 0 aliphatic rings. The van der Waals surface area contributed by atoms with Crippen LogP contribution in [0.15, 0.2) is 42.5 Å². The van der Waals surface area contributed by atoms with Crippen molar-refractivity contribution in [3.8, 4) is 0 Å². The largest absolute Gasteiger partial charge is 0.352 e. The van der Waals surface area contributed by atoms with Crippen LogP contribution in [0.1, 0.15) is 63.1 Å². The van der Waals surface area contributed by atoms with Gasteiger partial charge in [0, 0.05) is 30.6 Å². The van der Waals surface area contributed by atoms with Gasteiger partial charge in [-0.25, -0.2) is 8.42 Å². The van der Waals surface area contributed by atoms with Crippen LogP contribution < -0.4 is 9.62 Å². The molecular formula is C28H40ClN3O4S. The van der Waals surface area contributed by atoms with Crippen LogP contribution in [-0.2, 0) is 26.2 Å². The fraction of sp³-hybridized carbons (Fsp3) is 0.500. The summed E-state index contributed by atoms with van der Waals surface area (Å²) in [5, 5.41) is 3.49. The van der Waals surface area contributed by atoms with Gasteiger partial charge in [0.1, 0.15) is 6.04 Å². The Hall–Kier alpha value is -2.58. The molecule has 0 aliphatic heterocycles. The number of benzene rings is 2. The Morgan fingerprint density at radius 3 is 2.30 bits per heavy atom. The van der Waals surface area contributed by atoms with Crippen molar-refractivity contribution >= 4 is 39.1 Å². The molecule has 2 atom stereocenters. The third-order valence-corrected chi connectivity index (χ3v) is 8.24. The van der Waals surface area contributed by atoms with E-state index in [4.69, 9.17) is 11.6 Å². The number of hydrogen-bond donors (Lipinski definition) is 1. The molecule has 0 spiro atoms. The molecule has 0 fully saturated rings. The van der Waals surface area contributed by atoms with E-state index < -0.39 is 16.1 Å². The van der Waals surface area contributed by atoms with Crippen molar-refractivity contribution in [1.82, 2.24) is 10.2 Å². The van der Waals surface area contributed by atoms with Crippen molar-refractivity contribution < 1.29 is 18.0 Å². The quantitative estimate of drug-likeness (QED) is 0.371. The van der Waals surface area contributed by atoms with E-state index in [0.717, 1.165) is 23.8 Å². The van der Waals surface area contributed by atoms with Gasteiger partial charge >= 0.3 is 0 Å². The van der Waals surface area contributed by atoms with E-state index in [0.29, 0.717) is 35.7 Å². The first kappa shape index (κ1) is 30.6. The number of amides is 2. The molecule has 0 aromatic heterocycles. The average molecular weight is 550 g/mol. The fourth-order valence-corrected chi connectivity index (χ4v) is 5.37. The monoisotopic (exact) mass is 549 g/mol. The van der Waals surface area contributed by atoms with Gasteiger partial charge in [0.25, 0.3) is 0 Å². The molecule has 0 bridgehead atoms. The second-order valence-electron chi connectivity index (χ2n) is 9.51. The highest BCUT2D eigenvalue weighted by Gasteiger charge is 2.30. The van der Waals surface area contributed by atoms with Crippen LogP contribution >= 0.6 is 11.6 Å². The number of nitrogens with one attached hydrogen (secondary N) is 1. The summed E-state index contributed by atoms with van der Waals surface area (Å²) in [6.45, 7) is 10.0. The summed E-state index contributed by atoms with van der Waals surface area (Å²) in [5.41, 5.74) is 3.17. The van der Waals surface area contributed by atoms with Crippen LogP contribution in [0.4, 0.5) is 5.69 Å². The SMILES string of the molecule is CC[C@H](C)NC(=O)[C@H](CC)N(Cc1ccccc1C)C(=O)CCCN(c1cccc(Cl)c1C)S(C)(=O)=O. The molecule has 2 amide bonds. The molecule has 2 aromatic carbocycles. The Morgan fingerprint density at radius 1 is 1.03 bits per heavy atom. The molecule has 0 heterocycles. The summed E-state index contributed by atoms with van der Waals surface area (Å²) in [7, 11) is -3.59. The van der Waals surface area contributed by atoms with Crippen LogP contribution in [0.25, 0.3) is 0 Å². The molecule has 1 N–H and O–H groups in total. The third kappa shape index (κ3) is 8.47. The minimum atomic E-state index is -3.59. The maximum atomic E-state index is 13.6.